The number of aromatic nitrogens is 2. The Kier molecular flexibility index (Phi) is 4.99. The second kappa shape index (κ2) is 7.35. The van der Waals surface area contributed by atoms with Crippen LogP contribution in [0.1, 0.15) is 33.1 Å². The molecule has 1 aliphatic heterocycles. The Morgan fingerprint density at radius 3 is 2.76 bits per heavy atom. The molecule has 2 aromatic rings. The van der Waals surface area contributed by atoms with E-state index >= 15 is 0 Å². The number of aromatic carboxylic acids is 1. The number of ether oxygens (including phenoxy) is 2. The Balaban J connectivity index is 1.66. The molecule has 25 heavy (non-hydrogen) atoms. The van der Waals surface area contributed by atoms with Gasteiger partial charge < -0.3 is 24.9 Å². The molecule has 3 rings (SSSR count). The van der Waals surface area contributed by atoms with Gasteiger partial charge in [0.05, 0.1) is 24.8 Å². The predicted octanol–water partition coefficient (Wildman–Crippen LogP) is 1.38. The summed E-state index contributed by atoms with van der Waals surface area (Å²) in [5, 5.41) is 11.8. The number of nitrogens with zero attached hydrogens (tertiary/aromatic N) is 1. The highest BCUT2D eigenvalue weighted by atomic mass is 16.5. The lowest BCUT2D eigenvalue weighted by Gasteiger charge is -2.32. The van der Waals surface area contributed by atoms with Gasteiger partial charge in [0.15, 0.2) is 5.82 Å². The Labute approximate surface area is 144 Å². The number of carboxylic acid groups (broad SMARTS) is 1. The molecule has 2 heterocycles. The van der Waals surface area contributed by atoms with Crippen LogP contribution in [0.5, 0.6) is 5.75 Å². The number of carboxylic acids is 1. The summed E-state index contributed by atoms with van der Waals surface area (Å²) in [4.78, 5) is 30.1. The number of carbonyl (C=O) groups is 2. The van der Waals surface area contributed by atoms with Gasteiger partial charge >= 0.3 is 5.97 Å². The van der Waals surface area contributed by atoms with Crippen LogP contribution in [-0.4, -0.2) is 52.3 Å². The number of imidazole rings is 1. The first-order valence-corrected chi connectivity index (χ1v) is 7.93. The standard InChI is InChI=1S/C17H19N3O5/c1-10-8-18-15(19-10)16(21)20-13-9-24-7-6-14(13)25-12-4-2-11(3-5-12)17(22)23/h2-5,8,13-14H,6-7,9H2,1H3,(H,18,19)(H,20,21)(H,22,23)/t13-,14-/m1/s1. The molecule has 0 radical (unpaired) electrons. The summed E-state index contributed by atoms with van der Waals surface area (Å²) in [5.74, 6) is -0.521. The van der Waals surface area contributed by atoms with Crippen LogP contribution < -0.4 is 10.1 Å². The molecular weight excluding hydrogens is 326 g/mol. The maximum absolute atomic E-state index is 12.3. The van der Waals surface area contributed by atoms with Crippen molar-refractivity contribution in [2.45, 2.75) is 25.5 Å². The highest BCUT2D eigenvalue weighted by Gasteiger charge is 2.30. The number of hydrogen-bond donors (Lipinski definition) is 3. The highest BCUT2D eigenvalue weighted by molar-refractivity contribution is 5.90. The van der Waals surface area contributed by atoms with E-state index < -0.39 is 5.97 Å². The summed E-state index contributed by atoms with van der Waals surface area (Å²) < 4.78 is 11.4. The molecule has 1 amide bonds. The van der Waals surface area contributed by atoms with E-state index in [1.807, 2.05) is 6.92 Å². The van der Waals surface area contributed by atoms with Crippen LogP contribution in [-0.2, 0) is 4.74 Å². The number of rotatable bonds is 5. The Morgan fingerprint density at radius 1 is 1.36 bits per heavy atom. The van der Waals surface area contributed by atoms with Crippen molar-refractivity contribution in [1.82, 2.24) is 15.3 Å². The smallest absolute Gasteiger partial charge is 0.335 e. The fraction of sp³-hybridized carbons (Fsp3) is 0.353. The monoisotopic (exact) mass is 345 g/mol. The van der Waals surface area contributed by atoms with Crippen molar-refractivity contribution in [3.05, 3.63) is 47.5 Å². The number of nitrogens with one attached hydrogen (secondary N) is 2. The average Bonchev–Trinajstić information content (AvgIpc) is 3.04. The van der Waals surface area contributed by atoms with Crippen molar-refractivity contribution in [1.29, 1.82) is 0 Å². The predicted molar refractivity (Wildman–Crippen MR) is 87.8 cm³/mol. The summed E-state index contributed by atoms with van der Waals surface area (Å²) in [7, 11) is 0. The summed E-state index contributed by atoms with van der Waals surface area (Å²) in [5.41, 5.74) is 0.994. The molecular formula is C17H19N3O5. The zero-order chi connectivity index (χ0) is 17.8. The SMILES string of the molecule is Cc1cnc(C(=O)N[C@@H]2COCC[C@H]2Oc2ccc(C(=O)O)cc2)[nH]1. The molecule has 0 aliphatic carbocycles. The third kappa shape index (κ3) is 4.16. The summed E-state index contributed by atoms with van der Waals surface area (Å²) >= 11 is 0. The fourth-order valence-electron chi connectivity index (χ4n) is 2.61. The third-order valence-electron chi connectivity index (χ3n) is 3.92. The number of hydrogen-bond acceptors (Lipinski definition) is 5. The van der Waals surface area contributed by atoms with E-state index in [1.54, 1.807) is 18.3 Å². The molecule has 0 unspecified atom stereocenters. The minimum atomic E-state index is -0.989. The van der Waals surface area contributed by atoms with Crippen LogP contribution in [0.2, 0.25) is 0 Å². The van der Waals surface area contributed by atoms with Crippen LogP contribution in [0, 0.1) is 6.92 Å². The van der Waals surface area contributed by atoms with Crippen LogP contribution in [0.4, 0.5) is 0 Å². The number of H-pyrrole nitrogens is 1. The second-order valence-electron chi connectivity index (χ2n) is 5.84. The van der Waals surface area contributed by atoms with E-state index in [9.17, 15) is 9.59 Å². The zero-order valence-electron chi connectivity index (χ0n) is 13.7. The van der Waals surface area contributed by atoms with E-state index in [4.69, 9.17) is 14.6 Å². The van der Waals surface area contributed by atoms with Crippen LogP contribution in [0.25, 0.3) is 0 Å². The summed E-state index contributed by atoms with van der Waals surface area (Å²) in [6, 6.07) is 5.85. The van der Waals surface area contributed by atoms with Gasteiger partial charge in [-0.05, 0) is 31.2 Å². The van der Waals surface area contributed by atoms with Crippen molar-refractivity contribution in [3.63, 3.8) is 0 Å². The highest BCUT2D eigenvalue weighted by Crippen LogP contribution is 2.19. The molecule has 1 aromatic carbocycles. The maximum atomic E-state index is 12.3. The molecule has 1 aliphatic rings. The number of amides is 1. The molecule has 132 valence electrons. The van der Waals surface area contributed by atoms with Gasteiger partial charge in [0.2, 0.25) is 0 Å². The van der Waals surface area contributed by atoms with Gasteiger partial charge in [0, 0.05) is 18.3 Å². The number of benzene rings is 1. The lowest BCUT2D eigenvalue weighted by atomic mass is 10.1. The van der Waals surface area contributed by atoms with Crippen molar-refractivity contribution in [2.75, 3.05) is 13.2 Å². The van der Waals surface area contributed by atoms with Crippen LogP contribution in [0.15, 0.2) is 30.5 Å². The first-order valence-electron chi connectivity index (χ1n) is 7.93. The third-order valence-corrected chi connectivity index (χ3v) is 3.92. The molecule has 8 heteroatoms. The van der Waals surface area contributed by atoms with Crippen LogP contribution >= 0.6 is 0 Å². The van der Waals surface area contributed by atoms with Gasteiger partial charge in [0.1, 0.15) is 11.9 Å². The molecule has 0 spiro atoms. The molecule has 1 aromatic heterocycles. The average molecular weight is 345 g/mol. The quantitative estimate of drug-likeness (QED) is 0.754. The molecule has 0 bridgehead atoms. The van der Waals surface area contributed by atoms with Gasteiger partial charge in [-0.1, -0.05) is 0 Å². The molecule has 3 N–H and O–H groups in total. The van der Waals surface area contributed by atoms with Gasteiger partial charge in [-0.25, -0.2) is 9.78 Å². The second-order valence-corrected chi connectivity index (χ2v) is 5.84. The molecule has 0 saturated carbocycles. The van der Waals surface area contributed by atoms with E-state index in [-0.39, 0.29) is 29.4 Å². The Hall–Kier alpha value is -2.87. The lowest BCUT2D eigenvalue weighted by Crippen LogP contribution is -2.52. The van der Waals surface area contributed by atoms with E-state index in [1.165, 1.54) is 12.1 Å². The molecule has 8 nitrogen and oxygen atoms in total. The minimum absolute atomic E-state index is 0.192. The molecule has 1 saturated heterocycles. The summed E-state index contributed by atoms with van der Waals surface area (Å²) in [6.07, 6.45) is 1.93. The van der Waals surface area contributed by atoms with Crippen molar-refractivity contribution >= 4 is 11.9 Å². The first-order chi connectivity index (χ1) is 12.0. The number of aryl methyl sites for hydroxylation is 1. The Bertz CT molecular complexity index is 756. The van der Waals surface area contributed by atoms with Gasteiger partial charge in [-0.15, -0.1) is 0 Å². The summed E-state index contributed by atoms with van der Waals surface area (Å²) in [6.45, 7) is 2.69. The van der Waals surface area contributed by atoms with E-state index in [0.29, 0.717) is 25.4 Å². The van der Waals surface area contributed by atoms with E-state index in [2.05, 4.69) is 15.3 Å². The van der Waals surface area contributed by atoms with Gasteiger partial charge in [-0.3, -0.25) is 4.79 Å². The number of aromatic amines is 1. The fourth-order valence-corrected chi connectivity index (χ4v) is 2.61. The normalized spacial score (nSPS) is 20.0. The first kappa shape index (κ1) is 17.0. The van der Waals surface area contributed by atoms with Crippen molar-refractivity contribution < 1.29 is 24.2 Å². The van der Waals surface area contributed by atoms with Gasteiger partial charge in [-0.2, -0.15) is 0 Å². The Morgan fingerprint density at radius 2 is 2.12 bits per heavy atom. The largest absolute Gasteiger partial charge is 0.488 e. The van der Waals surface area contributed by atoms with E-state index in [0.717, 1.165) is 5.69 Å². The maximum Gasteiger partial charge on any atom is 0.335 e. The number of carbonyl (C=O) groups excluding carboxylic acids is 1. The topological polar surface area (TPSA) is 114 Å². The molecule has 2 atom stereocenters. The minimum Gasteiger partial charge on any atom is -0.488 e. The zero-order valence-corrected chi connectivity index (χ0v) is 13.7. The van der Waals surface area contributed by atoms with Crippen molar-refractivity contribution in [2.24, 2.45) is 0 Å². The molecule has 1 fully saturated rings. The van der Waals surface area contributed by atoms with Gasteiger partial charge in [0.25, 0.3) is 5.91 Å². The van der Waals surface area contributed by atoms with Crippen molar-refractivity contribution in [3.8, 4) is 5.75 Å². The lowest BCUT2D eigenvalue weighted by molar-refractivity contribution is -0.00301. The van der Waals surface area contributed by atoms with Crippen LogP contribution in [0.3, 0.4) is 0 Å².